The maximum Gasteiger partial charge on any atom is 0.227 e. The van der Waals surface area contributed by atoms with Crippen LogP contribution in [0, 0.1) is 6.92 Å². The molecule has 1 saturated carbocycles. The van der Waals surface area contributed by atoms with Crippen LogP contribution in [0.4, 0.5) is 5.13 Å². The second-order valence-corrected chi connectivity index (χ2v) is 8.75. The Morgan fingerprint density at radius 3 is 2.65 bits per heavy atom. The number of rotatable bonds is 6. The lowest BCUT2D eigenvalue weighted by Gasteiger charge is -2.05. The summed E-state index contributed by atoms with van der Waals surface area (Å²) in [5, 5.41) is 5.18. The molecule has 3 rings (SSSR count). The van der Waals surface area contributed by atoms with Crippen LogP contribution in [0.5, 0.6) is 0 Å². The first-order valence-corrected chi connectivity index (χ1v) is 10.0. The molecule has 0 saturated heterocycles. The standard InChI is InChI=1S/C16H18N2O3S2/c1-11-2-6-13(7-3-11)23(20,21)9-8-15(19)18-16-17-14(10-22-16)12-4-5-12/h2-3,6-7,10,12H,4-5,8-9H2,1H3,(H,17,18,19). The first-order chi connectivity index (χ1) is 10.9. The molecule has 1 fully saturated rings. The van der Waals surface area contributed by atoms with Crippen LogP contribution in [0.15, 0.2) is 34.5 Å². The van der Waals surface area contributed by atoms with Gasteiger partial charge in [0.15, 0.2) is 15.0 Å². The molecule has 1 heterocycles. The van der Waals surface area contributed by atoms with Crippen molar-refractivity contribution >= 4 is 32.2 Å². The van der Waals surface area contributed by atoms with E-state index in [9.17, 15) is 13.2 Å². The normalized spacial score (nSPS) is 14.7. The molecular formula is C16H18N2O3S2. The lowest BCUT2D eigenvalue weighted by molar-refractivity contribution is -0.115. The first kappa shape index (κ1) is 16.1. The Morgan fingerprint density at radius 2 is 2.00 bits per heavy atom. The van der Waals surface area contributed by atoms with Crippen molar-refractivity contribution < 1.29 is 13.2 Å². The van der Waals surface area contributed by atoms with Gasteiger partial charge >= 0.3 is 0 Å². The van der Waals surface area contributed by atoms with Crippen molar-refractivity contribution in [2.45, 2.75) is 37.0 Å². The Labute approximate surface area is 139 Å². The predicted octanol–water partition coefficient (Wildman–Crippen LogP) is 3.13. The molecule has 1 aliphatic rings. The molecule has 1 aliphatic carbocycles. The number of benzene rings is 1. The van der Waals surface area contributed by atoms with E-state index in [0.29, 0.717) is 11.0 Å². The number of anilines is 1. The Kier molecular flexibility index (Phi) is 4.50. The van der Waals surface area contributed by atoms with Crippen LogP contribution >= 0.6 is 11.3 Å². The minimum Gasteiger partial charge on any atom is -0.302 e. The highest BCUT2D eigenvalue weighted by molar-refractivity contribution is 7.91. The lowest BCUT2D eigenvalue weighted by Crippen LogP contribution is -2.17. The van der Waals surface area contributed by atoms with Gasteiger partial charge in [0.05, 0.1) is 16.3 Å². The summed E-state index contributed by atoms with van der Waals surface area (Å²) in [6.45, 7) is 1.90. The van der Waals surface area contributed by atoms with Crippen molar-refractivity contribution in [2.75, 3.05) is 11.1 Å². The number of carbonyl (C=O) groups is 1. The van der Waals surface area contributed by atoms with Gasteiger partial charge in [0.2, 0.25) is 5.91 Å². The highest BCUT2D eigenvalue weighted by Gasteiger charge is 2.26. The molecule has 2 aromatic rings. The molecule has 0 radical (unpaired) electrons. The second-order valence-electron chi connectivity index (χ2n) is 5.78. The highest BCUT2D eigenvalue weighted by Crippen LogP contribution is 2.40. The molecule has 0 unspecified atom stereocenters. The van der Waals surface area contributed by atoms with Crippen molar-refractivity contribution in [3.8, 4) is 0 Å². The molecular weight excluding hydrogens is 332 g/mol. The van der Waals surface area contributed by atoms with Gasteiger partial charge in [-0.05, 0) is 31.9 Å². The Hall–Kier alpha value is -1.73. The summed E-state index contributed by atoms with van der Waals surface area (Å²) in [6, 6.07) is 6.65. The fourth-order valence-electron chi connectivity index (χ4n) is 2.18. The Balaban J connectivity index is 1.56. The van der Waals surface area contributed by atoms with Gasteiger partial charge in [-0.25, -0.2) is 13.4 Å². The van der Waals surface area contributed by atoms with Crippen molar-refractivity contribution in [3.63, 3.8) is 0 Å². The van der Waals surface area contributed by atoms with Crippen molar-refractivity contribution in [1.82, 2.24) is 4.98 Å². The molecule has 0 atom stereocenters. The maximum absolute atomic E-state index is 12.2. The number of hydrogen-bond acceptors (Lipinski definition) is 5. The van der Waals surface area contributed by atoms with E-state index in [-0.39, 0.29) is 23.0 Å². The van der Waals surface area contributed by atoms with Crippen LogP contribution in [-0.2, 0) is 14.6 Å². The van der Waals surface area contributed by atoms with E-state index in [1.54, 1.807) is 24.3 Å². The third-order valence-electron chi connectivity index (χ3n) is 3.74. The van der Waals surface area contributed by atoms with E-state index >= 15 is 0 Å². The summed E-state index contributed by atoms with van der Waals surface area (Å²) < 4.78 is 24.4. The van der Waals surface area contributed by atoms with E-state index in [1.807, 2.05) is 12.3 Å². The first-order valence-electron chi connectivity index (χ1n) is 7.49. The molecule has 5 nitrogen and oxygen atoms in total. The maximum atomic E-state index is 12.2. The molecule has 7 heteroatoms. The van der Waals surface area contributed by atoms with Gasteiger partial charge in [-0.2, -0.15) is 0 Å². The Bertz CT molecular complexity index is 806. The average Bonchev–Trinajstić information content (AvgIpc) is 3.26. The SMILES string of the molecule is Cc1ccc(S(=O)(=O)CCC(=O)Nc2nc(C3CC3)cs2)cc1. The van der Waals surface area contributed by atoms with Crippen LogP contribution in [0.25, 0.3) is 0 Å². The van der Waals surface area contributed by atoms with Gasteiger partial charge in [0.25, 0.3) is 0 Å². The smallest absolute Gasteiger partial charge is 0.227 e. The predicted molar refractivity (Wildman–Crippen MR) is 90.6 cm³/mol. The quantitative estimate of drug-likeness (QED) is 0.868. The van der Waals surface area contributed by atoms with E-state index in [2.05, 4.69) is 10.3 Å². The topological polar surface area (TPSA) is 76.1 Å². The zero-order valence-electron chi connectivity index (χ0n) is 12.8. The van der Waals surface area contributed by atoms with Crippen LogP contribution in [-0.4, -0.2) is 25.1 Å². The molecule has 1 N–H and O–H groups in total. The van der Waals surface area contributed by atoms with Gasteiger partial charge in [-0.3, -0.25) is 4.79 Å². The summed E-state index contributed by atoms with van der Waals surface area (Å²) in [6.07, 6.45) is 2.24. The van der Waals surface area contributed by atoms with E-state index in [1.165, 1.54) is 11.3 Å². The fourth-order valence-corrected chi connectivity index (χ4v) is 4.23. The molecule has 1 aromatic carbocycles. The molecule has 1 amide bonds. The summed E-state index contributed by atoms with van der Waals surface area (Å²) in [5.41, 5.74) is 2.02. The van der Waals surface area contributed by atoms with Crippen LogP contribution in [0.1, 0.15) is 36.4 Å². The third kappa shape index (κ3) is 4.17. The van der Waals surface area contributed by atoms with Crippen LogP contribution < -0.4 is 5.32 Å². The number of sulfone groups is 1. The monoisotopic (exact) mass is 350 g/mol. The van der Waals surface area contributed by atoms with Crippen LogP contribution in [0.3, 0.4) is 0 Å². The van der Waals surface area contributed by atoms with Crippen molar-refractivity contribution in [2.24, 2.45) is 0 Å². The number of amides is 1. The van der Waals surface area contributed by atoms with Gasteiger partial charge in [-0.1, -0.05) is 17.7 Å². The minimum absolute atomic E-state index is 0.0748. The van der Waals surface area contributed by atoms with E-state index in [0.717, 1.165) is 24.1 Å². The molecule has 122 valence electrons. The zero-order chi connectivity index (χ0) is 16.4. The van der Waals surface area contributed by atoms with Crippen molar-refractivity contribution in [3.05, 3.63) is 40.9 Å². The van der Waals surface area contributed by atoms with Gasteiger partial charge in [-0.15, -0.1) is 11.3 Å². The molecule has 23 heavy (non-hydrogen) atoms. The third-order valence-corrected chi connectivity index (χ3v) is 6.25. The summed E-state index contributed by atoms with van der Waals surface area (Å²) >= 11 is 1.39. The molecule has 0 spiro atoms. The number of nitrogens with zero attached hydrogens (tertiary/aromatic N) is 1. The van der Waals surface area contributed by atoms with Gasteiger partial charge in [0.1, 0.15) is 0 Å². The zero-order valence-corrected chi connectivity index (χ0v) is 14.4. The fraction of sp³-hybridized carbons (Fsp3) is 0.375. The number of thiazole rings is 1. The van der Waals surface area contributed by atoms with E-state index < -0.39 is 9.84 Å². The molecule has 1 aromatic heterocycles. The van der Waals surface area contributed by atoms with Crippen molar-refractivity contribution in [1.29, 1.82) is 0 Å². The van der Waals surface area contributed by atoms with Gasteiger partial charge < -0.3 is 5.32 Å². The number of aryl methyl sites for hydroxylation is 1. The van der Waals surface area contributed by atoms with E-state index in [4.69, 9.17) is 0 Å². The number of aromatic nitrogens is 1. The summed E-state index contributed by atoms with van der Waals surface area (Å²) in [7, 11) is -3.44. The number of nitrogens with one attached hydrogen (secondary N) is 1. The highest BCUT2D eigenvalue weighted by atomic mass is 32.2. The summed E-state index contributed by atoms with van der Waals surface area (Å²) in [5.74, 6) is 0.0131. The second kappa shape index (κ2) is 6.41. The molecule has 0 aliphatic heterocycles. The average molecular weight is 350 g/mol. The molecule has 0 bridgehead atoms. The van der Waals surface area contributed by atoms with Crippen LogP contribution in [0.2, 0.25) is 0 Å². The number of hydrogen-bond donors (Lipinski definition) is 1. The largest absolute Gasteiger partial charge is 0.302 e. The summed E-state index contributed by atoms with van der Waals surface area (Å²) in [4.78, 5) is 16.5. The lowest BCUT2D eigenvalue weighted by atomic mass is 10.2. The Morgan fingerprint density at radius 1 is 1.30 bits per heavy atom. The van der Waals surface area contributed by atoms with Gasteiger partial charge in [0, 0.05) is 17.7 Å². The number of carbonyl (C=O) groups excluding carboxylic acids is 1. The minimum atomic E-state index is -3.44.